The molecule has 2 rings (SSSR count). The van der Waals surface area contributed by atoms with E-state index < -0.39 is 42.6 Å². The minimum absolute atomic E-state index is 0.0250. The summed E-state index contributed by atoms with van der Waals surface area (Å²) in [6.45, 7) is 0.775. The van der Waals surface area contributed by atoms with Crippen LogP contribution in [0, 0.1) is 0 Å². The fourth-order valence-corrected chi connectivity index (χ4v) is 2.30. The van der Waals surface area contributed by atoms with Crippen molar-refractivity contribution in [2.75, 3.05) is 6.61 Å². The molecule has 1 aromatic carbocycles. The number of phenols is 1. The molecular formula is C17H20O9. The molecule has 0 spiro atoms. The van der Waals surface area contributed by atoms with Gasteiger partial charge in [0.1, 0.15) is 36.8 Å². The lowest BCUT2D eigenvalue weighted by Crippen LogP contribution is -2.59. The molecule has 0 saturated carbocycles. The van der Waals surface area contributed by atoms with Gasteiger partial charge in [-0.2, -0.15) is 0 Å². The van der Waals surface area contributed by atoms with Crippen LogP contribution in [0.5, 0.6) is 5.75 Å². The van der Waals surface area contributed by atoms with Gasteiger partial charge in [0, 0.05) is 13.0 Å². The van der Waals surface area contributed by atoms with E-state index in [1.165, 1.54) is 18.2 Å². The number of phenolic OH excluding ortho intramolecular Hbond substituents is 1. The Labute approximate surface area is 149 Å². The smallest absolute Gasteiger partial charge is 0.333 e. The molecule has 0 bridgehead atoms. The Hall–Kier alpha value is -2.46. The zero-order valence-corrected chi connectivity index (χ0v) is 13.9. The maximum absolute atomic E-state index is 11.9. The summed E-state index contributed by atoms with van der Waals surface area (Å²) in [5.74, 6) is -1.48. The first kappa shape index (κ1) is 19.9. The predicted octanol–water partition coefficient (Wildman–Crippen LogP) is -0.681. The second-order valence-corrected chi connectivity index (χ2v) is 5.68. The average molecular weight is 368 g/mol. The first-order valence-corrected chi connectivity index (χ1v) is 7.78. The van der Waals surface area contributed by atoms with Crippen LogP contribution in [0.2, 0.25) is 0 Å². The average Bonchev–Trinajstić information content (AvgIpc) is 2.59. The van der Waals surface area contributed by atoms with Crippen LogP contribution in [0.15, 0.2) is 30.3 Å². The summed E-state index contributed by atoms with van der Waals surface area (Å²) < 4.78 is 14.9. The van der Waals surface area contributed by atoms with Crippen molar-refractivity contribution in [2.45, 2.75) is 37.6 Å². The van der Waals surface area contributed by atoms with Gasteiger partial charge < -0.3 is 34.6 Å². The molecule has 1 aliphatic rings. The molecule has 0 radical (unpaired) electrons. The van der Waals surface area contributed by atoms with Gasteiger partial charge in [0.25, 0.3) is 0 Å². The molecule has 0 aromatic heterocycles. The Bertz CT molecular complexity index is 672. The summed E-state index contributed by atoms with van der Waals surface area (Å²) in [6, 6.07) is 6.12. The van der Waals surface area contributed by atoms with Gasteiger partial charge in [-0.15, -0.1) is 0 Å². The van der Waals surface area contributed by atoms with Crippen LogP contribution in [-0.4, -0.2) is 69.7 Å². The molecule has 142 valence electrons. The Morgan fingerprint density at radius 2 is 1.92 bits per heavy atom. The highest BCUT2D eigenvalue weighted by Crippen LogP contribution is 2.23. The van der Waals surface area contributed by atoms with Gasteiger partial charge in [0.2, 0.25) is 6.29 Å². The van der Waals surface area contributed by atoms with Gasteiger partial charge in [-0.1, -0.05) is 12.1 Å². The van der Waals surface area contributed by atoms with E-state index in [4.69, 9.17) is 14.2 Å². The lowest BCUT2D eigenvalue weighted by Gasteiger charge is -2.39. The Morgan fingerprint density at radius 3 is 2.58 bits per heavy atom. The minimum atomic E-state index is -1.68. The molecule has 1 aliphatic heterocycles. The van der Waals surface area contributed by atoms with Crippen molar-refractivity contribution in [3.63, 3.8) is 0 Å². The molecular weight excluding hydrogens is 348 g/mol. The first-order chi connectivity index (χ1) is 12.3. The number of benzene rings is 1. The Balaban J connectivity index is 1.99. The quantitative estimate of drug-likeness (QED) is 0.392. The van der Waals surface area contributed by atoms with Gasteiger partial charge in [-0.3, -0.25) is 4.79 Å². The summed E-state index contributed by atoms with van der Waals surface area (Å²) in [5, 5.41) is 38.9. The number of aliphatic hydroxyl groups is 3. The van der Waals surface area contributed by atoms with Crippen LogP contribution in [0.3, 0.4) is 0 Å². The highest BCUT2D eigenvalue weighted by atomic mass is 16.7. The van der Waals surface area contributed by atoms with Crippen molar-refractivity contribution < 1.29 is 44.2 Å². The highest BCUT2D eigenvalue weighted by Gasteiger charge is 2.45. The van der Waals surface area contributed by atoms with E-state index in [0.717, 1.165) is 13.0 Å². The van der Waals surface area contributed by atoms with Gasteiger partial charge >= 0.3 is 11.9 Å². The summed E-state index contributed by atoms with van der Waals surface area (Å²) >= 11 is 0. The van der Waals surface area contributed by atoms with Crippen molar-refractivity contribution >= 4 is 18.0 Å². The summed E-state index contributed by atoms with van der Waals surface area (Å²) in [5.41, 5.74) is 0.537. The molecule has 1 aromatic rings. The van der Waals surface area contributed by atoms with Gasteiger partial charge in [-0.05, 0) is 23.8 Å². The second kappa shape index (κ2) is 8.77. The number of esters is 2. The third-order valence-electron chi connectivity index (χ3n) is 3.63. The molecule has 0 amide bonds. The zero-order valence-electron chi connectivity index (χ0n) is 13.9. The number of ether oxygens (including phenoxy) is 3. The molecule has 26 heavy (non-hydrogen) atoms. The Morgan fingerprint density at radius 1 is 1.19 bits per heavy atom. The normalized spacial score (nSPS) is 28.7. The van der Waals surface area contributed by atoms with Crippen molar-refractivity contribution in [3.8, 4) is 5.75 Å². The predicted molar refractivity (Wildman–Crippen MR) is 86.5 cm³/mol. The molecule has 0 unspecified atom stereocenters. The number of aromatic hydroxyl groups is 1. The van der Waals surface area contributed by atoms with Crippen LogP contribution in [0.4, 0.5) is 0 Å². The van der Waals surface area contributed by atoms with E-state index >= 15 is 0 Å². The molecule has 0 aliphatic carbocycles. The largest absolute Gasteiger partial charge is 0.508 e. The zero-order chi connectivity index (χ0) is 19.3. The van der Waals surface area contributed by atoms with Crippen molar-refractivity contribution in [1.29, 1.82) is 0 Å². The maximum atomic E-state index is 11.9. The summed E-state index contributed by atoms with van der Waals surface area (Å²) in [7, 11) is 0. The topological polar surface area (TPSA) is 143 Å². The number of carbonyl (C=O) groups excluding carboxylic acids is 2. The number of hydrogen-bond acceptors (Lipinski definition) is 9. The van der Waals surface area contributed by atoms with E-state index in [0.29, 0.717) is 5.56 Å². The molecule has 1 heterocycles. The van der Waals surface area contributed by atoms with Crippen LogP contribution in [0.1, 0.15) is 12.5 Å². The fourth-order valence-electron chi connectivity index (χ4n) is 2.30. The number of carbonyl (C=O) groups is 2. The van der Waals surface area contributed by atoms with Crippen molar-refractivity contribution in [3.05, 3.63) is 35.9 Å². The first-order valence-electron chi connectivity index (χ1n) is 7.78. The SMILES string of the molecule is CC(=O)OC[C@H]1O[C@@H](OC(=O)C=Cc2cccc(O)c2)[C@H](O)[C@@H](O)[C@@H]1O. The number of aliphatic hydroxyl groups excluding tert-OH is 3. The monoisotopic (exact) mass is 368 g/mol. The number of hydrogen-bond donors (Lipinski definition) is 4. The second-order valence-electron chi connectivity index (χ2n) is 5.68. The fraction of sp³-hybridized carbons (Fsp3) is 0.412. The molecule has 5 atom stereocenters. The van der Waals surface area contributed by atoms with E-state index in [2.05, 4.69) is 0 Å². The van der Waals surface area contributed by atoms with Crippen molar-refractivity contribution in [2.24, 2.45) is 0 Å². The van der Waals surface area contributed by atoms with E-state index in [-0.39, 0.29) is 12.4 Å². The Kier molecular flexibility index (Phi) is 6.70. The molecule has 4 N–H and O–H groups in total. The molecule has 1 fully saturated rings. The van der Waals surface area contributed by atoms with Crippen LogP contribution in [0.25, 0.3) is 6.08 Å². The van der Waals surface area contributed by atoms with E-state index in [1.807, 2.05) is 0 Å². The third kappa shape index (κ3) is 5.27. The lowest BCUT2D eigenvalue weighted by atomic mass is 9.99. The van der Waals surface area contributed by atoms with E-state index in [9.17, 15) is 30.0 Å². The third-order valence-corrected chi connectivity index (χ3v) is 3.63. The van der Waals surface area contributed by atoms with Gasteiger partial charge in [0.15, 0.2) is 0 Å². The van der Waals surface area contributed by atoms with Crippen LogP contribution in [-0.2, 0) is 23.8 Å². The maximum Gasteiger partial charge on any atom is 0.333 e. The van der Waals surface area contributed by atoms with Crippen LogP contribution < -0.4 is 0 Å². The van der Waals surface area contributed by atoms with Crippen molar-refractivity contribution in [1.82, 2.24) is 0 Å². The summed E-state index contributed by atoms with van der Waals surface area (Å²) in [6.07, 6.45) is -5.18. The molecule has 9 heteroatoms. The number of rotatable bonds is 5. The van der Waals surface area contributed by atoms with Gasteiger partial charge in [-0.25, -0.2) is 4.79 Å². The van der Waals surface area contributed by atoms with Gasteiger partial charge in [0.05, 0.1) is 0 Å². The lowest BCUT2D eigenvalue weighted by molar-refractivity contribution is -0.291. The molecule has 9 nitrogen and oxygen atoms in total. The van der Waals surface area contributed by atoms with E-state index in [1.54, 1.807) is 12.1 Å². The molecule has 1 saturated heterocycles. The minimum Gasteiger partial charge on any atom is -0.508 e. The van der Waals surface area contributed by atoms with Crippen LogP contribution >= 0.6 is 0 Å². The highest BCUT2D eigenvalue weighted by molar-refractivity contribution is 5.87. The summed E-state index contributed by atoms with van der Waals surface area (Å²) in [4.78, 5) is 22.7. The standard InChI is InChI=1S/C17H20O9/c1-9(18)24-8-12-14(21)15(22)16(23)17(25-12)26-13(20)6-5-10-3-2-4-11(19)7-10/h2-7,12,14-17,19,21-23H,8H2,1H3/t12-,14-,15+,16-,17+/m1/s1.